The molecule has 0 saturated carbocycles. The van der Waals surface area contributed by atoms with Crippen LogP contribution in [0.3, 0.4) is 0 Å². The Bertz CT molecular complexity index is 345. The van der Waals surface area contributed by atoms with Gasteiger partial charge in [-0.15, -0.1) is 0 Å². The monoisotopic (exact) mass is 208 g/mol. The summed E-state index contributed by atoms with van der Waals surface area (Å²) in [4.78, 5) is 11.8. The average Bonchev–Trinajstić information content (AvgIpc) is 2.68. The van der Waals surface area contributed by atoms with Crippen LogP contribution in [0.1, 0.15) is 30.8 Å². The third kappa shape index (κ3) is 2.46. The molecular weight excluding hydrogens is 192 g/mol. The summed E-state index contributed by atoms with van der Waals surface area (Å²) >= 11 is 0. The molecule has 0 spiro atoms. The van der Waals surface area contributed by atoms with Crippen LogP contribution < -0.4 is 4.74 Å². The molecule has 0 bridgehead atoms. The number of carbonyl (C=O) groups excluding carboxylic acids is 1. The van der Waals surface area contributed by atoms with Gasteiger partial charge in [-0.1, -0.05) is 13.0 Å². The van der Waals surface area contributed by atoms with E-state index >= 15 is 0 Å². The average molecular weight is 208 g/mol. The summed E-state index contributed by atoms with van der Waals surface area (Å²) in [6, 6.07) is 0. The fraction of sp³-hybridized carbons (Fsp3) is 0.455. The van der Waals surface area contributed by atoms with Crippen molar-refractivity contribution in [3.63, 3.8) is 0 Å². The van der Waals surface area contributed by atoms with Gasteiger partial charge in [-0.05, 0) is 19.4 Å². The van der Waals surface area contributed by atoms with Crippen LogP contribution in [0.2, 0.25) is 0 Å². The van der Waals surface area contributed by atoms with Crippen molar-refractivity contribution >= 4 is 5.78 Å². The maximum absolute atomic E-state index is 11.8. The molecule has 15 heavy (non-hydrogen) atoms. The Labute approximate surface area is 89.5 Å². The minimum Gasteiger partial charge on any atom is -0.493 e. The van der Waals surface area contributed by atoms with E-state index in [1.807, 2.05) is 19.9 Å². The van der Waals surface area contributed by atoms with E-state index in [1.54, 1.807) is 17.0 Å². The van der Waals surface area contributed by atoms with Gasteiger partial charge in [-0.2, -0.15) is 5.10 Å². The second-order valence-corrected chi connectivity index (χ2v) is 3.05. The Morgan fingerprint density at radius 3 is 2.87 bits per heavy atom. The molecule has 1 aromatic rings. The van der Waals surface area contributed by atoms with Crippen molar-refractivity contribution < 1.29 is 9.53 Å². The predicted molar refractivity (Wildman–Crippen MR) is 58.2 cm³/mol. The van der Waals surface area contributed by atoms with Crippen LogP contribution in [0.25, 0.3) is 0 Å². The van der Waals surface area contributed by atoms with Crippen LogP contribution in [0, 0.1) is 0 Å². The molecule has 4 heteroatoms. The van der Waals surface area contributed by atoms with Crippen LogP contribution in [0.5, 0.6) is 5.75 Å². The molecule has 4 nitrogen and oxygen atoms in total. The lowest BCUT2D eigenvalue weighted by Gasteiger charge is -2.03. The number of allylic oxidation sites excluding steroid dienone is 2. The van der Waals surface area contributed by atoms with Crippen molar-refractivity contribution in [1.29, 1.82) is 0 Å². The van der Waals surface area contributed by atoms with Crippen molar-refractivity contribution in [2.24, 2.45) is 0 Å². The second kappa shape index (κ2) is 5.34. The molecule has 0 aliphatic carbocycles. The van der Waals surface area contributed by atoms with Gasteiger partial charge in [0, 0.05) is 6.54 Å². The summed E-state index contributed by atoms with van der Waals surface area (Å²) in [5.41, 5.74) is 0.518. The molecule has 0 saturated heterocycles. The number of carbonyl (C=O) groups is 1. The highest BCUT2D eigenvalue weighted by molar-refractivity contribution is 6.05. The van der Waals surface area contributed by atoms with Gasteiger partial charge < -0.3 is 4.74 Å². The van der Waals surface area contributed by atoms with Crippen LogP contribution >= 0.6 is 0 Å². The number of ketones is 1. The third-order valence-corrected chi connectivity index (χ3v) is 2.06. The number of hydrogen-bond donors (Lipinski definition) is 0. The van der Waals surface area contributed by atoms with E-state index in [4.69, 9.17) is 4.74 Å². The molecule has 0 amide bonds. The van der Waals surface area contributed by atoms with Crippen molar-refractivity contribution in [2.45, 2.75) is 26.8 Å². The van der Waals surface area contributed by atoms with E-state index < -0.39 is 0 Å². The Balaban J connectivity index is 3.04. The van der Waals surface area contributed by atoms with Crippen LogP contribution in [-0.4, -0.2) is 22.7 Å². The first kappa shape index (κ1) is 11.5. The van der Waals surface area contributed by atoms with Crippen LogP contribution in [-0.2, 0) is 6.54 Å². The lowest BCUT2D eigenvalue weighted by Crippen LogP contribution is -2.08. The highest BCUT2D eigenvalue weighted by atomic mass is 16.5. The Kier molecular flexibility index (Phi) is 4.09. The summed E-state index contributed by atoms with van der Waals surface area (Å²) in [6.07, 6.45) is 5.80. The first-order valence-electron chi connectivity index (χ1n) is 5.05. The molecule has 82 valence electrons. The van der Waals surface area contributed by atoms with E-state index in [-0.39, 0.29) is 5.78 Å². The van der Waals surface area contributed by atoms with Crippen molar-refractivity contribution in [2.75, 3.05) is 7.11 Å². The van der Waals surface area contributed by atoms with Gasteiger partial charge in [0.1, 0.15) is 0 Å². The predicted octanol–water partition coefficient (Wildman–Crippen LogP) is 2.06. The number of ether oxygens (including phenoxy) is 1. The Morgan fingerprint density at radius 1 is 1.60 bits per heavy atom. The number of aromatic nitrogens is 2. The Hall–Kier alpha value is -1.58. The summed E-state index contributed by atoms with van der Waals surface area (Å²) in [5, 5.41) is 4.07. The molecule has 0 atom stereocenters. The molecule has 0 aromatic carbocycles. The highest BCUT2D eigenvalue weighted by Crippen LogP contribution is 2.18. The van der Waals surface area contributed by atoms with Gasteiger partial charge >= 0.3 is 0 Å². The Morgan fingerprint density at radius 2 is 2.33 bits per heavy atom. The molecule has 0 radical (unpaired) electrons. The van der Waals surface area contributed by atoms with Gasteiger partial charge in [0.15, 0.2) is 11.4 Å². The van der Waals surface area contributed by atoms with Crippen molar-refractivity contribution in [3.8, 4) is 5.75 Å². The summed E-state index contributed by atoms with van der Waals surface area (Å²) in [5.74, 6) is 0.468. The van der Waals surface area contributed by atoms with E-state index in [1.165, 1.54) is 7.11 Å². The molecule has 0 aliphatic rings. The molecule has 1 heterocycles. The second-order valence-electron chi connectivity index (χ2n) is 3.05. The van der Waals surface area contributed by atoms with E-state index in [0.717, 1.165) is 6.42 Å². The fourth-order valence-electron chi connectivity index (χ4n) is 1.31. The van der Waals surface area contributed by atoms with Crippen molar-refractivity contribution in [3.05, 3.63) is 24.0 Å². The van der Waals surface area contributed by atoms with E-state index in [2.05, 4.69) is 5.10 Å². The zero-order valence-corrected chi connectivity index (χ0v) is 9.36. The third-order valence-electron chi connectivity index (χ3n) is 2.06. The summed E-state index contributed by atoms with van der Waals surface area (Å²) in [6.45, 7) is 4.58. The minimum absolute atomic E-state index is 0.0620. The van der Waals surface area contributed by atoms with Crippen LogP contribution in [0.4, 0.5) is 0 Å². The van der Waals surface area contributed by atoms with E-state index in [9.17, 15) is 4.79 Å². The first-order chi connectivity index (χ1) is 7.24. The van der Waals surface area contributed by atoms with Gasteiger partial charge in [-0.3, -0.25) is 9.48 Å². The number of nitrogens with zero attached hydrogens (tertiary/aromatic N) is 2. The number of aryl methyl sites for hydroxylation is 1. The van der Waals surface area contributed by atoms with Gasteiger partial charge in [0.25, 0.3) is 0 Å². The molecule has 1 aromatic heterocycles. The minimum atomic E-state index is -0.0620. The molecule has 0 aliphatic heterocycles. The number of methoxy groups -OCH3 is 1. The molecule has 0 unspecified atom stereocenters. The molecule has 1 rings (SSSR count). The van der Waals surface area contributed by atoms with Crippen LogP contribution in [0.15, 0.2) is 18.3 Å². The fourth-order valence-corrected chi connectivity index (χ4v) is 1.31. The smallest absolute Gasteiger partial charge is 0.207 e. The standard InChI is InChI=1S/C11H16N2O2/c1-4-6-7-9(14)11-10(15-3)8-12-13(11)5-2/h6-8H,4-5H2,1-3H3/b7-6+. The zero-order chi connectivity index (χ0) is 11.3. The topological polar surface area (TPSA) is 44.1 Å². The lowest BCUT2D eigenvalue weighted by atomic mass is 10.2. The van der Waals surface area contributed by atoms with E-state index in [0.29, 0.717) is 18.0 Å². The van der Waals surface area contributed by atoms with Gasteiger partial charge in [-0.25, -0.2) is 0 Å². The number of hydrogen-bond acceptors (Lipinski definition) is 3. The maximum Gasteiger partial charge on any atom is 0.207 e. The van der Waals surface area contributed by atoms with Crippen molar-refractivity contribution in [1.82, 2.24) is 9.78 Å². The quantitative estimate of drug-likeness (QED) is 0.549. The molecular formula is C11H16N2O2. The zero-order valence-electron chi connectivity index (χ0n) is 9.36. The summed E-state index contributed by atoms with van der Waals surface area (Å²) < 4.78 is 6.73. The lowest BCUT2D eigenvalue weighted by molar-refractivity contribution is 0.103. The normalized spacial score (nSPS) is 10.9. The van der Waals surface area contributed by atoms with Gasteiger partial charge in [0.2, 0.25) is 5.78 Å². The molecule has 0 N–H and O–H groups in total. The first-order valence-corrected chi connectivity index (χ1v) is 5.05. The maximum atomic E-state index is 11.8. The molecule has 0 fully saturated rings. The summed E-state index contributed by atoms with van der Waals surface area (Å²) in [7, 11) is 1.54. The van der Waals surface area contributed by atoms with Gasteiger partial charge in [0.05, 0.1) is 13.3 Å². The highest BCUT2D eigenvalue weighted by Gasteiger charge is 2.15. The SMILES string of the molecule is CC/C=C/C(=O)c1c(OC)cnn1CC. The largest absolute Gasteiger partial charge is 0.493 e. The number of rotatable bonds is 5.